The number of hydrogen-bond donors (Lipinski definition) is 0. The molecule has 0 saturated carbocycles. The van der Waals surface area contributed by atoms with Crippen LogP contribution < -0.4 is 14.7 Å². The Kier molecular flexibility index (Phi) is 11.8. The van der Waals surface area contributed by atoms with Gasteiger partial charge in [0, 0.05) is 51.4 Å². The zero-order valence-corrected chi connectivity index (χ0v) is 35.7. The molecule has 0 saturated heterocycles. The molecule has 308 valence electrons. The second kappa shape index (κ2) is 18.9. The van der Waals surface area contributed by atoms with Gasteiger partial charge in [0.2, 0.25) is 0 Å². The van der Waals surface area contributed by atoms with Crippen LogP contribution in [0, 0.1) is 0 Å². The lowest BCUT2D eigenvalue weighted by atomic mass is 9.85. The first-order chi connectivity index (χ1) is 31.8. The highest BCUT2D eigenvalue weighted by molar-refractivity contribution is 5.79. The third kappa shape index (κ3) is 8.66. The zero-order chi connectivity index (χ0) is 42.9. The molecule has 1 aliphatic carbocycles. The first-order valence-corrected chi connectivity index (χ1v) is 22.2. The Morgan fingerprint density at radius 3 is 1.12 bits per heavy atom. The zero-order valence-electron chi connectivity index (χ0n) is 35.7. The summed E-state index contributed by atoms with van der Waals surface area (Å²) in [5, 5.41) is 0. The maximum absolute atomic E-state index is 2.48. The monoisotopic (exact) mass is 823 g/mol. The van der Waals surface area contributed by atoms with E-state index in [-0.39, 0.29) is 12.0 Å². The molecule has 3 heteroatoms. The standard InChI is InChI=1S/C61H49N3/c1-7-19-47(20-8-1)48-31-35-55(36-32-48)64(59-43-39-57(40-44-59)62(52-25-13-4-14-26-52)53-27-15-5-16-28-53)60-45-41-58(42-46-60)63(54-29-17-6-18-30-54)56-37-33-51(34-38-56)61(49-21-9-2-10-22-49)50-23-11-3-12-24-50/h1-45,60-61H,46H2. The van der Waals surface area contributed by atoms with Crippen LogP contribution >= 0.6 is 0 Å². The molecule has 1 atom stereocenters. The molecule has 9 aromatic carbocycles. The van der Waals surface area contributed by atoms with Crippen molar-refractivity contribution in [2.45, 2.75) is 18.4 Å². The molecule has 1 unspecified atom stereocenters. The summed E-state index contributed by atoms with van der Waals surface area (Å²) in [5.41, 5.74) is 15.2. The van der Waals surface area contributed by atoms with E-state index in [2.05, 4.69) is 288 Å². The summed E-state index contributed by atoms with van der Waals surface area (Å²) in [5.74, 6) is 0.137. The van der Waals surface area contributed by atoms with E-state index in [4.69, 9.17) is 0 Å². The molecule has 0 radical (unpaired) electrons. The normalized spacial score (nSPS) is 13.3. The summed E-state index contributed by atoms with van der Waals surface area (Å²) in [6.45, 7) is 0. The molecule has 3 nitrogen and oxygen atoms in total. The highest BCUT2D eigenvalue weighted by Crippen LogP contribution is 2.40. The van der Waals surface area contributed by atoms with Gasteiger partial charge in [0.25, 0.3) is 0 Å². The number of benzene rings is 9. The van der Waals surface area contributed by atoms with Crippen LogP contribution in [0.2, 0.25) is 0 Å². The topological polar surface area (TPSA) is 9.72 Å². The van der Waals surface area contributed by atoms with Crippen molar-refractivity contribution in [1.82, 2.24) is 0 Å². The largest absolute Gasteiger partial charge is 0.334 e. The number of rotatable bonds is 13. The SMILES string of the molecule is C1=CC(N(c2ccc(-c3ccccc3)cc2)c2ccc(N(c3ccccc3)c3ccccc3)cc2)CC=C1N(c1ccccc1)c1ccc(C(c2ccccc2)c2ccccc2)cc1. The first kappa shape index (κ1) is 40.0. The summed E-state index contributed by atoms with van der Waals surface area (Å²) >= 11 is 0. The van der Waals surface area contributed by atoms with Gasteiger partial charge in [0.15, 0.2) is 0 Å². The first-order valence-electron chi connectivity index (χ1n) is 22.2. The van der Waals surface area contributed by atoms with Crippen molar-refractivity contribution in [1.29, 1.82) is 0 Å². The van der Waals surface area contributed by atoms with Gasteiger partial charge in [0.05, 0.1) is 6.04 Å². The maximum Gasteiger partial charge on any atom is 0.0561 e. The number of para-hydroxylation sites is 3. The smallest absolute Gasteiger partial charge is 0.0561 e. The molecule has 64 heavy (non-hydrogen) atoms. The van der Waals surface area contributed by atoms with Crippen LogP contribution in [0.1, 0.15) is 29.0 Å². The van der Waals surface area contributed by atoms with Crippen molar-refractivity contribution < 1.29 is 0 Å². The third-order valence-electron chi connectivity index (χ3n) is 12.1. The molecule has 10 rings (SSSR count). The van der Waals surface area contributed by atoms with Crippen molar-refractivity contribution in [3.63, 3.8) is 0 Å². The molecule has 0 N–H and O–H groups in total. The average molecular weight is 824 g/mol. The second-order valence-corrected chi connectivity index (χ2v) is 16.1. The van der Waals surface area contributed by atoms with E-state index in [1.165, 1.54) is 27.8 Å². The van der Waals surface area contributed by atoms with Crippen LogP contribution in [0.5, 0.6) is 0 Å². The number of allylic oxidation sites excluding steroid dienone is 1. The molecule has 1 aliphatic rings. The quantitative estimate of drug-likeness (QED) is 0.107. The molecule has 0 spiro atoms. The minimum atomic E-state index is 0.0778. The lowest BCUT2D eigenvalue weighted by molar-refractivity contribution is 0.777. The van der Waals surface area contributed by atoms with Crippen molar-refractivity contribution in [3.8, 4) is 11.1 Å². The van der Waals surface area contributed by atoms with Crippen LogP contribution in [0.15, 0.2) is 279 Å². The fraction of sp³-hybridized carbons (Fsp3) is 0.0492. The molecule has 9 aromatic rings. The van der Waals surface area contributed by atoms with Gasteiger partial charge in [-0.1, -0.05) is 182 Å². The third-order valence-corrected chi connectivity index (χ3v) is 12.1. The summed E-state index contributed by atoms with van der Waals surface area (Å²) in [7, 11) is 0. The Bertz CT molecular complexity index is 2840. The molecular formula is C61H49N3. The van der Waals surface area contributed by atoms with Crippen molar-refractivity contribution in [3.05, 3.63) is 295 Å². The van der Waals surface area contributed by atoms with Gasteiger partial charge in [-0.3, -0.25) is 0 Å². The second-order valence-electron chi connectivity index (χ2n) is 16.1. The van der Waals surface area contributed by atoms with E-state index in [1.54, 1.807) is 0 Å². The van der Waals surface area contributed by atoms with E-state index in [9.17, 15) is 0 Å². The molecule has 0 amide bonds. The molecule has 0 heterocycles. The van der Waals surface area contributed by atoms with Crippen molar-refractivity contribution >= 4 is 39.8 Å². The number of nitrogens with zero attached hydrogens (tertiary/aromatic N) is 3. The van der Waals surface area contributed by atoms with Crippen LogP contribution in [0.3, 0.4) is 0 Å². The average Bonchev–Trinajstić information content (AvgIpc) is 3.38. The predicted octanol–water partition coefficient (Wildman–Crippen LogP) is 16.2. The minimum absolute atomic E-state index is 0.0778. The Morgan fingerprint density at radius 2 is 0.656 bits per heavy atom. The van der Waals surface area contributed by atoms with E-state index < -0.39 is 0 Å². The minimum Gasteiger partial charge on any atom is -0.334 e. The van der Waals surface area contributed by atoms with Gasteiger partial charge in [-0.15, -0.1) is 0 Å². The summed E-state index contributed by atoms with van der Waals surface area (Å²) < 4.78 is 0. The van der Waals surface area contributed by atoms with Gasteiger partial charge >= 0.3 is 0 Å². The maximum atomic E-state index is 2.48. The van der Waals surface area contributed by atoms with Gasteiger partial charge in [-0.25, -0.2) is 0 Å². The van der Waals surface area contributed by atoms with E-state index >= 15 is 0 Å². The summed E-state index contributed by atoms with van der Waals surface area (Å²) in [6.07, 6.45) is 7.89. The molecule has 0 bridgehead atoms. The van der Waals surface area contributed by atoms with Gasteiger partial charge in [-0.2, -0.15) is 0 Å². The predicted molar refractivity (Wildman–Crippen MR) is 270 cm³/mol. The molecule has 0 aromatic heterocycles. The lowest BCUT2D eigenvalue weighted by Gasteiger charge is -2.35. The Morgan fingerprint density at radius 1 is 0.312 bits per heavy atom. The van der Waals surface area contributed by atoms with Gasteiger partial charge in [0.1, 0.15) is 0 Å². The Labute approximate surface area is 377 Å². The lowest BCUT2D eigenvalue weighted by Crippen LogP contribution is -2.31. The highest BCUT2D eigenvalue weighted by Gasteiger charge is 2.25. The summed E-state index contributed by atoms with van der Waals surface area (Å²) in [4.78, 5) is 7.17. The van der Waals surface area contributed by atoms with Crippen LogP contribution in [-0.2, 0) is 0 Å². The van der Waals surface area contributed by atoms with E-state index in [0.29, 0.717) is 0 Å². The number of anilines is 7. The van der Waals surface area contributed by atoms with Crippen LogP contribution in [-0.4, -0.2) is 6.04 Å². The highest BCUT2D eigenvalue weighted by atomic mass is 15.2. The van der Waals surface area contributed by atoms with Gasteiger partial charge < -0.3 is 14.7 Å². The van der Waals surface area contributed by atoms with E-state index in [0.717, 1.165) is 51.9 Å². The fourth-order valence-electron chi connectivity index (χ4n) is 9.00. The Hall–Kier alpha value is -8.14. The van der Waals surface area contributed by atoms with E-state index in [1.807, 2.05) is 0 Å². The van der Waals surface area contributed by atoms with Crippen LogP contribution in [0.25, 0.3) is 11.1 Å². The Balaban J connectivity index is 0.985. The van der Waals surface area contributed by atoms with Crippen LogP contribution in [0.4, 0.5) is 39.8 Å². The van der Waals surface area contributed by atoms with Gasteiger partial charge in [-0.05, 0) is 125 Å². The van der Waals surface area contributed by atoms with Crippen molar-refractivity contribution in [2.75, 3.05) is 14.7 Å². The molecule has 0 aliphatic heterocycles. The number of hydrogen-bond acceptors (Lipinski definition) is 3. The fourth-order valence-corrected chi connectivity index (χ4v) is 9.00. The van der Waals surface area contributed by atoms with Crippen molar-refractivity contribution in [2.24, 2.45) is 0 Å². The molecule has 0 fully saturated rings. The summed E-state index contributed by atoms with van der Waals surface area (Å²) in [6, 6.07) is 91.4. The molecular weight excluding hydrogens is 775 g/mol.